The molecule has 0 spiro atoms. The second kappa shape index (κ2) is 6.36. The first-order chi connectivity index (χ1) is 10.3. The molecule has 0 aliphatic carbocycles. The number of aryl methyl sites for hydroxylation is 1. The fraction of sp³-hybridized carbons (Fsp3) is 0.263. The number of fused-ring (bicyclic) bond motifs is 1. The van der Waals surface area contributed by atoms with Crippen LogP contribution in [0.3, 0.4) is 0 Å². The zero-order chi connectivity index (χ0) is 14.7. The molecule has 0 radical (unpaired) electrons. The summed E-state index contributed by atoms with van der Waals surface area (Å²) in [4.78, 5) is 0. The lowest BCUT2D eigenvalue weighted by Gasteiger charge is -2.02. The average Bonchev–Trinajstić information content (AvgIpc) is 2.91. The Hall–Kier alpha value is -1.73. The van der Waals surface area contributed by atoms with Gasteiger partial charge in [-0.05, 0) is 42.7 Å². The fourth-order valence-electron chi connectivity index (χ4n) is 2.57. The predicted molar refractivity (Wildman–Crippen MR) is 89.9 cm³/mol. The number of hydrogen-bond donors (Lipinski definition) is 0. The topological polar surface area (TPSA) is 13.1 Å². The average molecular weight is 299 g/mol. The smallest absolute Gasteiger partial charge is 0.135 e. The van der Waals surface area contributed by atoms with E-state index >= 15 is 0 Å². The Morgan fingerprint density at radius 1 is 0.952 bits per heavy atom. The maximum atomic E-state index is 6.01. The lowest BCUT2D eigenvalue weighted by Crippen LogP contribution is -1.85. The summed E-state index contributed by atoms with van der Waals surface area (Å²) in [7, 11) is 0. The molecule has 0 saturated heterocycles. The lowest BCUT2D eigenvalue weighted by molar-refractivity contribution is 0.631. The second-order valence-electron chi connectivity index (χ2n) is 5.45. The van der Waals surface area contributed by atoms with Crippen LogP contribution in [0.25, 0.3) is 22.3 Å². The van der Waals surface area contributed by atoms with Crippen molar-refractivity contribution in [3.63, 3.8) is 0 Å². The van der Waals surface area contributed by atoms with Gasteiger partial charge in [0.2, 0.25) is 0 Å². The number of furan rings is 1. The monoisotopic (exact) mass is 298 g/mol. The molecule has 3 rings (SSSR count). The zero-order valence-corrected chi connectivity index (χ0v) is 13.0. The van der Waals surface area contributed by atoms with Crippen LogP contribution in [0.15, 0.2) is 52.9 Å². The number of benzene rings is 2. The number of unbranched alkanes of at least 4 members (excludes halogenated alkanes) is 2. The Morgan fingerprint density at radius 3 is 2.52 bits per heavy atom. The molecule has 0 fully saturated rings. The van der Waals surface area contributed by atoms with Crippen molar-refractivity contribution in [3.05, 3.63) is 59.1 Å². The van der Waals surface area contributed by atoms with Crippen LogP contribution in [0, 0.1) is 0 Å². The van der Waals surface area contributed by atoms with Crippen molar-refractivity contribution in [2.75, 3.05) is 0 Å². The summed E-state index contributed by atoms with van der Waals surface area (Å²) in [5.74, 6) is 0.896. The van der Waals surface area contributed by atoms with Gasteiger partial charge in [0.05, 0.1) is 0 Å². The SMILES string of the molecule is CCCCCc1ccc(-c2cc3cc(Cl)ccc3o2)cc1. The standard InChI is InChI=1S/C19H19ClO/c1-2-3-4-5-14-6-8-15(9-7-14)19-13-16-12-17(20)10-11-18(16)21-19/h6-13H,2-5H2,1H3. The van der Waals surface area contributed by atoms with Crippen molar-refractivity contribution in [2.24, 2.45) is 0 Å². The van der Waals surface area contributed by atoms with Gasteiger partial charge in [-0.3, -0.25) is 0 Å². The van der Waals surface area contributed by atoms with Gasteiger partial charge in [-0.15, -0.1) is 0 Å². The van der Waals surface area contributed by atoms with Crippen LogP contribution in [0.1, 0.15) is 31.7 Å². The van der Waals surface area contributed by atoms with E-state index in [1.165, 1.54) is 24.8 Å². The molecule has 0 N–H and O–H groups in total. The summed E-state index contributed by atoms with van der Waals surface area (Å²) < 4.78 is 5.89. The Labute approximate surface area is 130 Å². The van der Waals surface area contributed by atoms with Crippen molar-refractivity contribution in [1.82, 2.24) is 0 Å². The zero-order valence-electron chi connectivity index (χ0n) is 12.2. The molecule has 0 aliphatic heterocycles. The van der Waals surface area contributed by atoms with Gasteiger partial charge in [0, 0.05) is 16.0 Å². The van der Waals surface area contributed by atoms with E-state index in [0.717, 1.165) is 33.7 Å². The van der Waals surface area contributed by atoms with Gasteiger partial charge >= 0.3 is 0 Å². The van der Waals surface area contributed by atoms with Gasteiger partial charge < -0.3 is 4.42 Å². The first kappa shape index (κ1) is 14.2. The van der Waals surface area contributed by atoms with Crippen LogP contribution in [0.5, 0.6) is 0 Å². The highest BCUT2D eigenvalue weighted by Gasteiger charge is 2.06. The van der Waals surface area contributed by atoms with E-state index < -0.39 is 0 Å². The van der Waals surface area contributed by atoms with Crippen molar-refractivity contribution >= 4 is 22.6 Å². The first-order valence-corrected chi connectivity index (χ1v) is 7.92. The summed E-state index contributed by atoms with van der Waals surface area (Å²) in [6.07, 6.45) is 4.98. The van der Waals surface area contributed by atoms with Crippen LogP contribution < -0.4 is 0 Å². The minimum atomic E-state index is 0.737. The Bertz CT molecular complexity index is 725. The maximum Gasteiger partial charge on any atom is 0.135 e. The minimum Gasteiger partial charge on any atom is -0.456 e. The molecule has 0 aliphatic rings. The molecule has 0 saturated carbocycles. The highest BCUT2D eigenvalue weighted by Crippen LogP contribution is 2.29. The Morgan fingerprint density at radius 2 is 1.76 bits per heavy atom. The third-order valence-electron chi connectivity index (χ3n) is 3.79. The van der Waals surface area contributed by atoms with E-state index in [2.05, 4.69) is 31.2 Å². The van der Waals surface area contributed by atoms with E-state index in [1.807, 2.05) is 24.3 Å². The second-order valence-corrected chi connectivity index (χ2v) is 5.88. The van der Waals surface area contributed by atoms with E-state index in [1.54, 1.807) is 0 Å². The van der Waals surface area contributed by atoms with Crippen molar-refractivity contribution in [2.45, 2.75) is 32.6 Å². The van der Waals surface area contributed by atoms with Crippen LogP contribution in [-0.2, 0) is 6.42 Å². The van der Waals surface area contributed by atoms with Gasteiger partial charge in [0.1, 0.15) is 11.3 Å². The van der Waals surface area contributed by atoms with E-state index in [9.17, 15) is 0 Å². The van der Waals surface area contributed by atoms with E-state index in [-0.39, 0.29) is 0 Å². The summed E-state index contributed by atoms with van der Waals surface area (Å²) >= 11 is 6.01. The molecular formula is C19H19ClO. The molecule has 2 heteroatoms. The Kier molecular flexibility index (Phi) is 4.31. The van der Waals surface area contributed by atoms with Crippen LogP contribution in [-0.4, -0.2) is 0 Å². The molecule has 21 heavy (non-hydrogen) atoms. The lowest BCUT2D eigenvalue weighted by atomic mass is 10.0. The number of halogens is 1. The molecule has 0 bridgehead atoms. The molecule has 0 unspecified atom stereocenters. The highest BCUT2D eigenvalue weighted by atomic mass is 35.5. The number of hydrogen-bond acceptors (Lipinski definition) is 1. The first-order valence-electron chi connectivity index (χ1n) is 7.54. The molecule has 1 heterocycles. The maximum absolute atomic E-state index is 6.01. The third kappa shape index (κ3) is 3.30. The van der Waals surface area contributed by atoms with Crippen molar-refractivity contribution in [3.8, 4) is 11.3 Å². The van der Waals surface area contributed by atoms with Crippen molar-refractivity contribution < 1.29 is 4.42 Å². The number of rotatable bonds is 5. The summed E-state index contributed by atoms with van der Waals surface area (Å²) in [5, 5.41) is 1.78. The largest absolute Gasteiger partial charge is 0.456 e. The highest BCUT2D eigenvalue weighted by molar-refractivity contribution is 6.31. The Balaban J connectivity index is 1.81. The van der Waals surface area contributed by atoms with Gasteiger partial charge in [0.25, 0.3) is 0 Å². The van der Waals surface area contributed by atoms with Gasteiger partial charge in [-0.25, -0.2) is 0 Å². The quantitative estimate of drug-likeness (QED) is 0.491. The summed E-state index contributed by atoms with van der Waals surface area (Å²) in [6, 6.07) is 16.4. The van der Waals surface area contributed by atoms with Crippen LogP contribution >= 0.6 is 11.6 Å². The molecule has 0 amide bonds. The summed E-state index contributed by atoms with van der Waals surface area (Å²) in [5.41, 5.74) is 3.38. The molecule has 1 aromatic heterocycles. The minimum absolute atomic E-state index is 0.737. The third-order valence-corrected chi connectivity index (χ3v) is 4.02. The fourth-order valence-corrected chi connectivity index (χ4v) is 2.75. The van der Waals surface area contributed by atoms with Crippen LogP contribution in [0.2, 0.25) is 5.02 Å². The molecule has 108 valence electrons. The normalized spacial score (nSPS) is 11.1. The summed E-state index contributed by atoms with van der Waals surface area (Å²) in [6.45, 7) is 2.23. The van der Waals surface area contributed by atoms with Crippen molar-refractivity contribution in [1.29, 1.82) is 0 Å². The molecule has 3 aromatic rings. The van der Waals surface area contributed by atoms with E-state index in [0.29, 0.717) is 0 Å². The molecular weight excluding hydrogens is 280 g/mol. The predicted octanol–water partition coefficient (Wildman–Crippen LogP) is 6.49. The van der Waals surface area contributed by atoms with Gasteiger partial charge in [-0.2, -0.15) is 0 Å². The molecule has 0 atom stereocenters. The van der Waals surface area contributed by atoms with Crippen LogP contribution in [0.4, 0.5) is 0 Å². The molecule has 2 aromatic carbocycles. The van der Waals surface area contributed by atoms with Gasteiger partial charge in [-0.1, -0.05) is 55.6 Å². The van der Waals surface area contributed by atoms with E-state index in [4.69, 9.17) is 16.0 Å². The van der Waals surface area contributed by atoms with Gasteiger partial charge in [0.15, 0.2) is 0 Å². The molecule has 1 nitrogen and oxygen atoms in total.